The maximum absolute atomic E-state index is 14.2. The Morgan fingerprint density at radius 3 is 1.71 bits per heavy atom. The molecule has 7 heteroatoms. The van der Waals surface area contributed by atoms with Gasteiger partial charge in [-0.1, -0.05) is 183 Å². The Balaban J connectivity index is 1.20. The van der Waals surface area contributed by atoms with E-state index in [0.29, 0.717) is 18.8 Å². The standard InChI is InChI=1S/C49H44N6O/c1-3-4-29-46-45(48(56)54(36(2)50-46)35-38-19-9-5-10-20-38)34-37-30-32-39(33-31-37)43-27-17-18-28-44(43)47-51-52-53-55(47)49(40-21-11-6-12-22-40,41-23-13-7-14-24-41)42-25-15-8-16-26-42/h5-28,30-33H,3-4,29,34-35H2,1-2H3. The monoisotopic (exact) mass is 732 g/mol. The third-order valence-corrected chi connectivity index (χ3v) is 10.7. The maximum atomic E-state index is 14.2. The van der Waals surface area contributed by atoms with Crippen LogP contribution in [0.1, 0.15) is 64.7 Å². The van der Waals surface area contributed by atoms with Crippen molar-refractivity contribution in [2.24, 2.45) is 0 Å². The Bertz CT molecular complexity index is 2490. The second-order valence-electron chi connectivity index (χ2n) is 14.2. The number of nitrogens with zero attached hydrogens (tertiary/aromatic N) is 6. The van der Waals surface area contributed by atoms with Gasteiger partial charge >= 0.3 is 0 Å². The van der Waals surface area contributed by atoms with Gasteiger partial charge in [-0.15, -0.1) is 5.10 Å². The predicted molar refractivity (Wildman–Crippen MR) is 223 cm³/mol. The molecule has 276 valence electrons. The average Bonchev–Trinajstić information content (AvgIpc) is 3.75. The number of hydrogen-bond donors (Lipinski definition) is 0. The molecule has 0 bridgehead atoms. The largest absolute Gasteiger partial charge is 0.292 e. The first-order valence-electron chi connectivity index (χ1n) is 19.3. The molecular weight excluding hydrogens is 689 g/mol. The molecule has 0 saturated carbocycles. The Morgan fingerprint density at radius 1 is 0.607 bits per heavy atom. The summed E-state index contributed by atoms with van der Waals surface area (Å²) >= 11 is 0. The van der Waals surface area contributed by atoms with E-state index >= 15 is 0 Å². The van der Waals surface area contributed by atoms with Crippen molar-refractivity contribution in [1.29, 1.82) is 0 Å². The van der Waals surface area contributed by atoms with Crippen LogP contribution in [0, 0.1) is 6.92 Å². The molecule has 0 N–H and O–H groups in total. The lowest BCUT2D eigenvalue weighted by Crippen LogP contribution is -2.39. The van der Waals surface area contributed by atoms with E-state index in [1.165, 1.54) is 0 Å². The van der Waals surface area contributed by atoms with Gasteiger partial charge in [0, 0.05) is 17.5 Å². The molecule has 2 aromatic heterocycles. The molecule has 0 fully saturated rings. The first kappa shape index (κ1) is 36.3. The number of hydrogen-bond acceptors (Lipinski definition) is 5. The van der Waals surface area contributed by atoms with Gasteiger partial charge in [0.2, 0.25) is 0 Å². The van der Waals surface area contributed by atoms with Crippen LogP contribution in [-0.2, 0) is 24.9 Å². The number of aromatic nitrogens is 6. The zero-order valence-corrected chi connectivity index (χ0v) is 31.8. The normalized spacial score (nSPS) is 11.5. The molecule has 0 saturated heterocycles. The van der Waals surface area contributed by atoms with Crippen LogP contribution in [-0.4, -0.2) is 29.8 Å². The van der Waals surface area contributed by atoms with Gasteiger partial charge < -0.3 is 0 Å². The van der Waals surface area contributed by atoms with Crippen molar-refractivity contribution in [3.63, 3.8) is 0 Å². The second kappa shape index (κ2) is 16.3. The van der Waals surface area contributed by atoms with Crippen LogP contribution in [0.4, 0.5) is 0 Å². The summed E-state index contributed by atoms with van der Waals surface area (Å²) in [4.78, 5) is 19.2. The Kier molecular flexibility index (Phi) is 10.6. The summed E-state index contributed by atoms with van der Waals surface area (Å²) in [5.41, 5.74) is 9.03. The SMILES string of the molecule is CCCCc1nc(C)n(Cc2ccccc2)c(=O)c1Cc1ccc(-c2ccccc2-c2nnnn2C(c2ccccc2)(c2ccccc2)c2ccccc2)cc1. The zero-order chi connectivity index (χ0) is 38.3. The summed E-state index contributed by atoms with van der Waals surface area (Å²) in [7, 11) is 0. The van der Waals surface area contributed by atoms with Gasteiger partial charge in [-0.2, -0.15) is 0 Å². The van der Waals surface area contributed by atoms with Crippen LogP contribution in [0.5, 0.6) is 0 Å². The van der Waals surface area contributed by atoms with E-state index < -0.39 is 5.54 Å². The third kappa shape index (κ3) is 7.00. The fraction of sp³-hybridized carbons (Fsp3) is 0.163. The fourth-order valence-corrected chi connectivity index (χ4v) is 7.86. The lowest BCUT2D eigenvalue weighted by atomic mass is 9.77. The van der Waals surface area contributed by atoms with Crippen molar-refractivity contribution in [1.82, 2.24) is 29.8 Å². The van der Waals surface area contributed by atoms with Gasteiger partial charge in [-0.25, -0.2) is 9.67 Å². The van der Waals surface area contributed by atoms with Crippen LogP contribution in [0.2, 0.25) is 0 Å². The fourth-order valence-electron chi connectivity index (χ4n) is 7.86. The van der Waals surface area contributed by atoms with Gasteiger partial charge in [0.15, 0.2) is 5.82 Å². The summed E-state index contributed by atoms with van der Waals surface area (Å²) < 4.78 is 3.79. The Morgan fingerprint density at radius 2 is 1.14 bits per heavy atom. The highest BCUT2D eigenvalue weighted by atomic mass is 16.1. The number of rotatable bonds is 13. The van der Waals surface area contributed by atoms with Crippen molar-refractivity contribution >= 4 is 0 Å². The van der Waals surface area contributed by atoms with Crippen LogP contribution >= 0.6 is 0 Å². The molecular formula is C49H44N6O. The number of benzene rings is 6. The van der Waals surface area contributed by atoms with Gasteiger partial charge in [0.1, 0.15) is 11.4 Å². The highest BCUT2D eigenvalue weighted by molar-refractivity contribution is 5.81. The van der Waals surface area contributed by atoms with Crippen LogP contribution in [0.15, 0.2) is 175 Å². The molecule has 56 heavy (non-hydrogen) atoms. The average molecular weight is 733 g/mol. The minimum atomic E-state index is -0.870. The van der Waals surface area contributed by atoms with E-state index in [1.54, 1.807) is 0 Å². The molecule has 0 atom stereocenters. The van der Waals surface area contributed by atoms with Crippen molar-refractivity contribution in [3.8, 4) is 22.5 Å². The van der Waals surface area contributed by atoms with Crippen LogP contribution < -0.4 is 5.56 Å². The molecule has 0 amide bonds. The smallest absolute Gasteiger partial charge is 0.257 e. The summed E-state index contributed by atoms with van der Waals surface area (Å²) in [6.07, 6.45) is 3.31. The number of unbranched alkanes of at least 4 members (excludes halogenated alkanes) is 1. The van der Waals surface area contributed by atoms with Gasteiger partial charge in [-0.05, 0) is 69.1 Å². The van der Waals surface area contributed by atoms with E-state index in [4.69, 9.17) is 15.3 Å². The molecule has 8 aromatic rings. The van der Waals surface area contributed by atoms with Crippen molar-refractivity contribution in [3.05, 3.63) is 225 Å². The molecule has 0 aliphatic rings. The van der Waals surface area contributed by atoms with Gasteiger partial charge in [0.25, 0.3) is 5.56 Å². The summed E-state index contributed by atoms with van der Waals surface area (Å²) in [5.74, 6) is 1.39. The molecule has 0 radical (unpaired) electrons. The van der Waals surface area contributed by atoms with E-state index in [0.717, 1.165) is 80.9 Å². The van der Waals surface area contributed by atoms with E-state index in [1.807, 2.05) is 64.7 Å². The highest BCUT2D eigenvalue weighted by Gasteiger charge is 2.42. The Hall–Kier alpha value is -6.73. The van der Waals surface area contributed by atoms with Crippen LogP contribution in [0.3, 0.4) is 0 Å². The van der Waals surface area contributed by atoms with Gasteiger partial charge in [0.05, 0.1) is 12.2 Å². The second-order valence-corrected chi connectivity index (χ2v) is 14.2. The first-order chi connectivity index (χ1) is 27.6. The third-order valence-electron chi connectivity index (χ3n) is 10.7. The molecule has 0 unspecified atom stereocenters. The predicted octanol–water partition coefficient (Wildman–Crippen LogP) is 9.69. The molecule has 7 nitrogen and oxygen atoms in total. The lowest BCUT2D eigenvalue weighted by molar-refractivity contribution is 0.451. The molecule has 2 heterocycles. The van der Waals surface area contributed by atoms with Crippen molar-refractivity contribution in [2.45, 2.75) is 51.6 Å². The summed E-state index contributed by atoms with van der Waals surface area (Å²) in [6.45, 7) is 4.61. The van der Waals surface area contributed by atoms with Crippen molar-refractivity contribution < 1.29 is 0 Å². The Labute approximate surface area is 328 Å². The quantitative estimate of drug-likeness (QED) is 0.110. The summed E-state index contributed by atoms with van der Waals surface area (Å²) in [6, 6.07) is 58.3. The van der Waals surface area contributed by atoms with E-state index in [2.05, 4.69) is 133 Å². The highest BCUT2D eigenvalue weighted by Crippen LogP contribution is 2.43. The van der Waals surface area contributed by atoms with E-state index in [9.17, 15) is 4.79 Å². The van der Waals surface area contributed by atoms with Gasteiger partial charge in [-0.3, -0.25) is 9.36 Å². The summed E-state index contributed by atoms with van der Waals surface area (Å²) in [5, 5.41) is 13.9. The topological polar surface area (TPSA) is 78.5 Å². The van der Waals surface area contributed by atoms with E-state index in [-0.39, 0.29) is 5.56 Å². The lowest BCUT2D eigenvalue weighted by Gasteiger charge is -2.36. The molecule has 6 aromatic carbocycles. The minimum absolute atomic E-state index is 0.0347. The van der Waals surface area contributed by atoms with Crippen molar-refractivity contribution in [2.75, 3.05) is 0 Å². The molecule has 8 rings (SSSR count). The molecule has 0 spiro atoms. The van der Waals surface area contributed by atoms with Crippen LogP contribution in [0.25, 0.3) is 22.5 Å². The molecule has 0 aliphatic heterocycles. The first-order valence-corrected chi connectivity index (χ1v) is 19.3. The minimum Gasteiger partial charge on any atom is -0.292 e. The number of aryl methyl sites for hydroxylation is 2. The number of tetrazole rings is 1. The maximum Gasteiger partial charge on any atom is 0.257 e. The zero-order valence-electron chi connectivity index (χ0n) is 31.8. The molecule has 0 aliphatic carbocycles.